The molecule has 0 saturated heterocycles. The molecule has 0 aliphatic rings. The number of carbonyl (C=O) groups excluding carboxylic acids is 1. The van der Waals surface area contributed by atoms with Crippen LogP contribution in [0.25, 0.3) is 0 Å². The first-order valence-electron chi connectivity index (χ1n) is 5.45. The zero-order chi connectivity index (χ0) is 13.7. The highest BCUT2D eigenvalue weighted by atomic mass is 32.2. The molecule has 1 amide bonds. The number of amides is 1. The van der Waals surface area contributed by atoms with Crippen molar-refractivity contribution in [2.75, 3.05) is 51.2 Å². The monoisotopic (exact) mass is 289 g/mol. The topological polar surface area (TPSA) is 67.6 Å². The quantitative estimate of drug-likeness (QED) is 0.777. The summed E-state index contributed by atoms with van der Waals surface area (Å²) in [5.41, 5.74) is 6.59. The van der Waals surface area contributed by atoms with Gasteiger partial charge in [0.2, 0.25) is 0 Å². The number of methoxy groups -OCH3 is 1. The Labute approximate surface area is 116 Å². The maximum Gasteiger partial charge on any atom is 0.263 e. The Morgan fingerprint density at radius 2 is 2.28 bits per heavy atom. The molecule has 0 unspecified atom stereocenters. The largest absolute Gasteiger partial charge is 0.396 e. The van der Waals surface area contributed by atoms with E-state index >= 15 is 0 Å². The van der Waals surface area contributed by atoms with Crippen LogP contribution in [0, 0.1) is 0 Å². The summed E-state index contributed by atoms with van der Waals surface area (Å²) in [4.78, 5) is 15.3. The van der Waals surface area contributed by atoms with Gasteiger partial charge in [0.25, 0.3) is 5.91 Å². The molecule has 0 saturated carbocycles. The highest BCUT2D eigenvalue weighted by Gasteiger charge is 2.21. The first-order chi connectivity index (χ1) is 8.56. The number of anilines is 2. The average Bonchev–Trinajstić information content (AvgIpc) is 2.72. The molecule has 1 heterocycles. The zero-order valence-electron chi connectivity index (χ0n) is 11.1. The standard InChI is InChI=1S/C11H19N3O2S2/c1-13-10(15)8-7(12)9(17-4)11(18-8)14(2)5-6-16-3/h5-6,12H2,1-4H3,(H,13,15). The van der Waals surface area contributed by atoms with E-state index in [1.165, 1.54) is 11.3 Å². The van der Waals surface area contributed by atoms with E-state index in [1.807, 2.05) is 13.3 Å². The molecule has 0 fully saturated rings. The van der Waals surface area contributed by atoms with Crippen molar-refractivity contribution in [2.24, 2.45) is 0 Å². The molecule has 0 spiro atoms. The Morgan fingerprint density at radius 3 is 2.78 bits per heavy atom. The number of likely N-dealkylation sites (N-methyl/N-ethyl adjacent to an activating group) is 1. The van der Waals surface area contributed by atoms with Crippen LogP contribution in [0.3, 0.4) is 0 Å². The fourth-order valence-electron chi connectivity index (χ4n) is 1.48. The van der Waals surface area contributed by atoms with Crippen molar-refractivity contribution in [3.05, 3.63) is 4.88 Å². The van der Waals surface area contributed by atoms with Crippen molar-refractivity contribution >= 4 is 39.7 Å². The summed E-state index contributed by atoms with van der Waals surface area (Å²) in [6, 6.07) is 0. The van der Waals surface area contributed by atoms with Crippen molar-refractivity contribution in [1.82, 2.24) is 5.32 Å². The molecule has 7 heteroatoms. The van der Waals surface area contributed by atoms with Crippen LogP contribution in [0.5, 0.6) is 0 Å². The highest BCUT2D eigenvalue weighted by Crippen LogP contribution is 2.43. The van der Waals surface area contributed by atoms with Gasteiger partial charge in [0.15, 0.2) is 0 Å². The van der Waals surface area contributed by atoms with Crippen LogP contribution >= 0.6 is 23.1 Å². The predicted molar refractivity (Wildman–Crippen MR) is 79.0 cm³/mol. The van der Waals surface area contributed by atoms with E-state index in [0.717, 1.165) is 16.4 Å². The number of nitrogens with zero attached hydrogens (tertiary/aromatic N) is 1. The van der Waals surface area contributed by atoms with Gasteiger partial charge in [-0.05, 0) is 6.26 Å². The lowest BCUT2D eigenvalue weighted by atomic mass is 10.3. The minimum Gasteiger partial charge on any atom is -0.396 e. The number of carbonyl (C=O) groups is 1. The molecule has 0 aliphatic carbocycles. The smallest absolute Gasteiger partial charge is 0.263 e. The fourth-order valence-corrected chi connectivity index (χ4v) is 3.62. The van der Waals surface area contributed by atoms with Gasteiger partial charge < -0.3 is 20.7 Å². The Morgan fingerprint density at radius 1 is 1.61 bits per heavy atom. The van der Waals surface area contributed by atoms with E-state index < -0.39 is 0 Å². The van der Waals surface area contributed by atoms with Gasteiger partial charge in [0.1, 0.15) is 9.88 Å². The predicted octanol–water partition coefficient (Wildman–Crippen LogP) is 1.49. The maximum atomic E-state index is 11.7. The molecule has 1 aromatic heterocycles. The third kappa shape index (κ3) is 3.09. The fraction of sp³-hybridized carbons (Fsp3) is 0.545. The average molecular weight is 289 g/mol. The second-order valence-electron chi connectivity index (χ2n) is 3.68. The van der Waals surface area contributed by atoms with Gasteiger partial charge >= 0.3 is 0 Å². The molecule has 0 aromatic carbocycles. The number of ether oxygens (including phenoxy) is 1. The summed E-state index contributed by atoms with van der Waals surface area (Å²) >= 11 is 2.97. The summed E-state index contributed by atoms with van der Waals surface area (Å²) in [7, 11) is 5.24. The molecule has 0 atom stereocenters. The van der Waals surface area contributed by atoms with Crippen LogP contribution in [0.2, 0.25) is 0 Å². The van der Waals surface area contributed by atoms with Crippen LogP contribution in [-0.4, -0.2) is 46.5 Å². The number of thioether (sulfide) groups is 1. The zero-order valence-corrected chi connectivity index (χ0v) is 12.7. The summed E-state index contributed by atoms with van der Waals surface area (Å²) < 4.78 is 5.06. The Bertz CT molecular complexity index is 421. The van der Waals surface area contributed by atoms with E-state index in [4.69, 9.17) is 10.5 Å². The number of nitrogen functional groups attached to an aromatic ring is 1. The second-order valence-corrected chi connectivity index (χ2v) is 5.49. The van der Waals surface area contributed by atoms with E-state index in [2.05, 4.69) is 10.2 Å². The van der Waals surface area contributed by atoms with Crippen LogP contribution in [0.4, 0.5) is 10.7 Å². The molecule has 5 nitrogen and oxygen atoms in total. The van der Waals surface area contributed by atoms with Crippen LogP contribution in [-0.2, 0) is 4.74 Å². The van der Waals surface area contributed by atoms with E-state index in [9.17, 15) is 4.79 Å². The summed E-state index contributed by atoms with van der Waals surface area (Å²) in [5, 5.41) is 3.62. The SMILES string of the molecule is CNC(=O)c1sc(N(C)CCOC)c(SC)c1N. The highest BCUT2D eigenvalue weighted by molar-refractivity contribution is 7.99. The third-order valence-corrected chi connectivity index (χ3v) is 4.77. The molecule has 0 aliphatic heterocycles. The minimum atomic E-state index is -0.140. The summed E-state index contributed by atoms with van der Waals surface area (Å²) in [5.74, 6) is -0.140. The normalized spacial score (nSPS) is 10.4. The molecule has 0 radical (unpaired) electrons. The number of nitrogens with two attached hydrogens (primary N) is 1. The third-order valence-electron chi connectivity index (χ3n) is 2.50. The van der Waals surface area contributed by atoms with E-state index in [0.29, 0.717) is 17.2 Å². The van der Waals surface area contributed by atoms with Crippen molar-refractivity contribution in [2.45, 2.75) is 4.90 Å². The van der Waals surface area contributed by atoms with Crippen LogP contribution in [0.1, 0.15) is 9.67 Å². The number of rotatable bonds is 6. The van der Waals surface area contributed by atoms with Gasteiger partial charge in [0, 0.05) is 27.7 Å². The Balaban J connectivity index is 3.07. The molecule has 102 valence electrons. The first kappa shape index (κ1) is 15.1. The first-order valence-corrected chi connectivity index (χ1v) is 7.49. The van der Waals surface area contributed by atoms with Crippen molar-refractivity contribution in [3.8, 4) is 0 Å². The maximum absolute atomic E-state index is 11.7. The van der Waals surface area contributed by atoms with Gasteiger partial charge in [-0.3, -0.25) is 4.79 Å². The minimum absolute atomic E-state index is 0.140. The molecular formula is C11H19N3O2S2. The Hall–Kier alpha value is -0.920. The van der Waals surface area contributed by atoms with Crippen LogP contribution in [0.15, 0.2) is 4.90 Å². The number of hydrogen-bond acceptors (Lipinski definition) is 6. The lowest BCUT2D eigenvalue weighted by Gasteiger charge is -2.18. The van der Waals surface area contributed by atoms with Gasteiger partial charge in [0.05, 0.1) is 17.2 Å². The molecule has 1 aromatic rings. The number of hydrogen-bond donors (Lipinski definition) is 2. The Kier molecular flexibility index (Phi) is 5.77. The van der Waals surface area contributed by atoms with E-state index in [-0.39, 0.29) is 5.91 Å². The van der Waals surface area contributed by atoms with Gasteiger partial charge in [-0.2, -0.15) is 0 Å². The summed E-state index contributed by atoms with van der Waals surface area (Å²) in [6.07, 6.45) is 1.96. The number of thiophene rings is 1. The van der Waals surface area contributed by atoms with Crippen molar-refractivity contribution in [3.63, 3.8) is 0 Å². The van der Waals surface area contributed by atoms with Crippen molar-refractivity contribution in [1.29, 1.82) is 0 Å². The molecule has 0 bridgehead atoms. The van der Waals surface area contributed by atoms with Gasteiger partial charge in [-0.25, -0.2) is 0 Å². The molecule has 1 rings (SSSR count). The van der Waals surface area contributed by atoms with Gasteiger partial charge in [-0.15, -0.1) is 23.1 Å². The van der Waals surface area contributed by atoms with E-state index in [1.54, 1.807) is 25.9 Å². The summed E-state index contributed by atoms with van der Waals surface area (Å²) in [6.45, 7) is 1.40. The lowest BCUT2D eigenvalue weighted by Crippen LogP contribution is -2.21. The molecule has 3 N–H and O–H groups in total. The lowest BCUT2D eigenvalue weighted by molar-refractivity contribution is 0.0968. The molecule has 18 heavy (non-hydrogen) atoms. The van der Waals surface area contributed by atoms with Crippen molar-refractivity contribution < 1.29 is 9.53 Å². The second kappa shape index (κ2) is 6.86. The van der Waals surface area contributed by atoms with Crippen LogP contribution < -0.4 is 16.0 Å². The molecular weight excluding hydrogens is 270 g/mol. The number of nitrogens with one attached hydrogen (secondary N) is 1. The van der Waals surface area contributed by atoms with Gasteiger partial charge in [-0.1, -0.05) is 0 Å².